The molecule has 0 bridgehead atoms. The summed E-state index contributed by atoms with van der Waals surface area (Å²) in [5.74, 6) is -0.267. The molecule has 3 saturated heterocycles. The Balaban J connectivity index is 1.14. The Kier molecular flexibility index (Phi) is 6.11. The number of halogens is 2. The maximum absolute atomic E-state index is 14.2. The van der Waals surface area contributed by atoms with Crippen LogP contribution in [-0.4, -0.2) is 63.8 Å². The summed E-state index contributed by atoms with van der Waals surface area (Å²) in [6.07, 6.45) is 7.23. The topological polar surface area (TPSA) is 85.4 Å². The molecule has 4 heterocycles. The van der Waals surface area contributed by atoms with E-state index in [1.54, 1.807) is 6.20 Å². The molecule has 1 aliphatic carbocycles. The maximum Gasteiger partial charge on any atom is 0.317 e. The molecule has 6 atom stereocenters. The fourth-order valence-electron chi connectivity index (χ4n) is 6.58. The molecular weight excluding hydrogens is 452 g/mol. The van der Waals surface area contributed by atoms with Gasteiger partial charge in [0.05, 0.1) is 12.2 Å². The van der Waals surface area contributed by atoms with E-state index in [1.165, 1.54) is 18.2 Å². The monoisotopic (exact) mass is 483 g/mol. The van der Waals surface area contributed by atoms with Crippen LogP contribution < -0.4 is 16.2 Å². The van der Waals surface area contributed by atoms with E-state index in [4.69, 9.17) is 0 Å². The van der Waals surface area contributed by atoms with E-state index in [1.807, 2.05) is 17.2 Å². The second kappa shape index (κ2) is 9.40. The fourth-order valence-corrected chi connectivity index (χ4v) is 6.58. The highest BCUT2D eigenvalue weighted by Crippen LogP contribution is 2.42. The van der Waals surface area contributed by atoms with Crippen molar-refractivity contribution in [3.63, 3.8) is 0 Å². The average molecular weight is 484 g/mol. The number of hydrogen-bond donors (Lipinski definition) is 3. The van der Waals surface area contributed by atoms with Crippen LogP contribution in [0.1, 0.15) is 42.9 Å². The van der Waals surface area contributed by atoms with Gasteiger partial charge in [-0.05, 0) is 67.8 Å². The Labute approximate surface area is 203 Å². The molecule has 4 fully saturated rings. The van der Waals surface area contributed by atoms with Gasteiger partial charge in [-0.1, -0.05) is 6.07 Å². The van der Waals surface area contributed by atoms with Crippen molar-refractivity contribution in [1.29, 1.82) is 0 Å². The zero-order chi connectivity index (χ0) is 23.9. The van der Waals surface area contributed by atoms with Gasteiger partial charge in [0.2, 0.25) is 0 Å². The van der Waals surface area contributed by atoms with Crippen LogP contribution in [0.15, 0.2) is 36.7 Å². The first kappa shape index (κ1) is 22.8. The number of piperidine rings is 1. The number of nitrogens with zero attached hydrogens (tertiary/aromatic N) is 4. The minimum Gasteiger partial charge on any atom is -0.335 e. The largest absolute Gasteiger partial charge is 0.335 e. The molecule has 186 valence electrons. The summed E-state index contributed by atoms with van der Waals surface area (Å²) < 4.78 is 28.4. The van der Waals surface area contributed by atoms with Gasteiger partial charge >= 0.3 is 6.03 Å². The molecule has 1 aromatic heterocycles. The van der Waals surface area contributed by atoms with Crippen LogP contribution >= 0.6 is 0 Å². The summed E-state index contributed by atoms with van der Waals surface area (Å²) in [6.45, 7) is 2.33. The highest BCUT2D eigenvalue weighted by Gasteiger charge is 2.48. The maximum atomic E-state index is 14.2. The predicted octanol–water partition coefficient (Wildman–Crippen LogP) is 2.36. The number of urea groups is 1. The molecule has 3 aliphatic heterocycles. The summed E-state index contributed by atoms with van der Waals surface area (Å²) in [5, 5.41) is 11.2. The minimum atomic E-state index is -0.514. The third kappa shape index (κ3) is 4.39. The lowest BCUT2D eigenvalue weighted by Gasteiger charge is -2.49. The lowest BCUT2D eigenvalue weighted by atomic mass is 9.71. The summed E-state index contributed by atoms with van der Waals surface area (Å²) in [6, 6.07) is 6.63. The average Bonchev–Trinajstić information content (AvgIpc) is 3.28. The third-order valence-electron chi connectivity index (χ3n) is 8.35. The minimum absolute atomic E-state index is 0.0190. The van der Waals surface area contributed by atoms with Gasteiger partial charge in [0, 0.05) is 49.5 Å². The fraction of sp³-hybridized carbons (Fsp3) is 0.560. The first-order valence-corrected chi connectivity index (χ1v) is 12.6. The Morgan fingerprint density at radius 2 is 1.89 bits per heavy atom. The van der Waals surface area contributed by atoms with Crippen molar-refractivity contribution in [2.24, 2.45) is 11.8 Å². The van der Waals surface area contributed by atoms with Crippen molar-refractivity contribution in [3.8, 4) is 0 Å². The van der Waals surface area contributed by atoms with Gasteiger partial charge in [0.25, 0.3) is 0 Å². The molecule has 4 aliphatic rings. The van der Waals surface area contributed by atoms with Gasteiger partial charge in [-0.3, -0.25) is 10.3 Å². The molecule has 6 rings (SSSR count). The zero-order valence-electron chi connectivity index (χ0n) is 19.5. The lowest BCUT2D eigenvalue weighted by Crippen LogP contribution is -2.64. The zero-order valence-corrected chi connectivity index (χ0v) is 19.5. The predicted molar refractivity (Wildman–Crippen MR) is 125 cm³/mol. The molecule has 1 saturated carbocycles. The van der Waals surface area contributed by atoms with Crippen LogP contribution in [0.5, 0.6) is 0 Å². The quantitative estimate of drug-likeness (QED) is 0.619. The van der Waals surface area contributed by atoms with Gasteiger partial charge in [-0.25, -0.2) is 19.0 Å². The van der Waals surface area contributed by atoms with Crippen molar-refractivity contribution in [3.05, 3.63) is 59.4 Å². The van der Waals surface area contributed by atoms with Gasteiger partial charge in [0.1, 0.15) is 11.6 Å². The normalized spacial score (nSPS) is 33.2. The van der Waals surface area contributed by atoms with Crippen LogP contribution in [0.25, 0.3) is 0 Å². The van der Waals surface area contributed by atoms with Crippen molar-refractivity contribution < 1.29 is 13.6 Å². The van der Waals surface area contributed by atoms with Crippen molar-refractivity contribution in [1.82, 2.24) is 36.2 Å². The van der Waals surface area contributed by atoms with Crippen LogP contribution in [0.4, 0.5) is 13.6 Å². The van der Waals surface area contributed by atoms with E-state index >= 15 is 0 Å². The number of carbonyl (C=O) groups excluding carboxylic acids is 1. The SMILES string of the molecule is O=C1NC2CC3NNC(c4ccnnc4)C3CC2CN1[C@@H]1CCCN(Cc2c(F)cccc2F)C1. The molecular formula is C25H31F2N7O. The summed E-state index contributed by atoms with van der Waals surface area (Å²) in [7, 11) is 0. The number of hydrogen-bond acceptors (Lipinski definition) is 6. The van der Waals surface area contributed by atoms with E-state index < -0.39 is 11.6 Å². The van der Waals surface area contributed by atoms with Crippen LogP contribution in [0.3, 0.4) is 0 Å². The molecule has 2 aromatic rings. The number of rotatable bonds is 4. The second-order valence-electron chi connectivity index (χ2n) is 10.4. The highest BCUT2D eigenvalue weighted by atomic mass is 19.1. The Morgan fingerprint density at radius 1 is 1.03 bits per heavy atom. The number of benzene rings is 1. The van der Waals surface area contributed by atoms with Gasteiger partial charge < -0.3 is 10.2 Å². The van der Waals surface area contributed by atoms with Gasteiger partial charge in [-0.2, -0.15) is 10.2 Å². The first-order chi connectivity index (χ1) is 17.1. The van der Waals surface area contributed by atoms with E-state index in [2.05, 4.69) is 31.3 Å². The number of aromatic nitrogens is 2. The van der Waals surface area contributed by atoms with Crippen molar-refractivity contribution in [2.45, 2.75) is 56.4 Å². The molecule has 2 amide bonds. The summed E-state index contributed by atoms with van der Waals surface area (Å²) in [4.78, 5) is 17.2. The molecule has 0 spiro atoms. The highest BCUT2D eigenvalue weighted by molar-refractivity contribution is 5.76. The van der Waals surface area contributed by atoms with Crippen molar-refractivity contribution in [2.75, 3.05) is 19.6 Å². The number of likely N-dealkylation sites (tertiary alicyclic amines) is 1. The molecule has 3 N–H and O–H groups in total. The van der Waals surface area contributed by atoms with Gasteiger partial charge in [0.15, 0.2) is 0 Å². The second-order valence-corrected chi connectivity index (χ2v) is 10.4. The van der Waals surface area contributed by atoms with E-state index in [9.17, 15) is 13.6 Å². The van der Waals surface area contributed by atoms with Crippen LogP contribution in [0.2, 0.25) is 0 Å². The Bertz CT molecular complexity index is 1050. The van der Waals surface area contributed by atoms with Crippen LogP contribution in [0, 0.1) is 23.5 Å². The third-order valence-corrected chi connectivity index (χ3v) is 8.35. The Morgan fingerprint density at radius 3 is 2.69 bits per heavy atom. The smallest absolute Gasteiger partial charge is 0.317 e. The van der Waals surface area contributed by atoms with Crippen molar-refractivity contribution >= 4 is 6.03 Å². The number of nitrogens with one attached hydrogen (secondary N) is 3. The standard InChI is InChI=1S/C25H31F2N7O/c26-20-4-1-5-21(27)19(20)14-33-8-2-3-17(13-33)34-12-16-9-18-23(10-22(16)30-25(34)35)31-32-24(18)15-6-7-28-29-11-15/h1,4-7,11,16-18,22-24,31-32H,2-3,8-10,12-14H2,(H,30,35)/t16?,17-,18?,22?,23?,24?/m1/s1. The molecule has 10 heteroatoms. The van der Waals surface area contributed by atoms with Gasteiger partial charge in [-0.15, -0.1) is 0 Å². The van der Waals surface area contributed by atoms with E-state index in [0.29, 0.717) is 31.0 Å². The molecule has 1 aromatic carbocycles. The number of hydrazine groups is 1. The van der Waals surface area contributed by atoms with E-state index in [0.717, 1.165) is 37.8 Å². The molecule has 5 unspecified atom stereocenters. The summed E-state index contributed by atoms with van der Waals surface area (Å²) >= 11 is 0. The number of amides is 2. The first-order valence-electron chi connectivity index (χ1n) is 12.6. The van der Waals surface area contributed by atoms with E-state index in [-0.39, 0.29) is 36.3 Å². The molecule has 35 heavy (non-hydrogen) atoms. The molecule has 0 radical (unpaired) electrons. The Hall–Kier alpha value is -2.69. The number of carbonyl (C=O) groups is 1. The lowest BCUT2D eigenvalue weighted by molar-refractivity contribution is 0.0518. The van der Waals surface area contributed by atoms with Crippen LogP contribution in [-0.2, 0) is 6.54 Å². The number of fused-ring (bicyclic) bond motifs is 2. The summed E-state index contributed by atoms with van der Waals surface area (Å²) in [5.41, 5.74) is 8.10. The molecule has 8 nitrogen and oxygen atoms in total.